The molecule has 2 fully saturated rings. The molecule has 0 amide bonds. The van der Waals surface area contributed by atoms with E-state index in [1.165, 1.54) is 17.7 Å². The van der Waals surface area contributed by atoms with Crippen LogP contribution in [0.1, 0.15) is 46.0 Å². The maximum atomic E-state index is 12.5. The first kappa shape index (κ1) is 21.8. The molecule has 4 nitrogen and oxygen atoms in total. The van der Waals surface area contributed by atoms with Gasteiger partial charge in [0.05, 0.1) is 6.54 Å². The summed E-state index contributed by atoms with van der Waals surface area (Å²) in [5.74, 6) is 1.55. The van der Waals surface area contributed by atoms with Gasteiger partial charge in [-0.3, -0.25) is 9.89 Å². The number of halogens is 4. The minimum atomic E-state index is -4.12. The highest BCUT2D eigenvalue weighted by atomic mass is 127. The first-order chi connectivity index (χ1) is 10.9. The molecular formula is C16H30F3IN4. The number of likely N-dealkylation sites (tertiary alicyclic amines) is 1. The Bertz CT molecular complexity index is 395. The molecule has 1 aliphatic heterocycles. The van der Waals surface area contributed by atoms with Gasteiger partial charge in [0.25, 0.3) is 0 Å². The molecule has 0 aromatic rings. The van der Waals surface area contributed by atoms with Crippen LogP contribution in [-0.4, -0.2) is 55.3 Å². The van der Waals surface area contributed by atoms with E-state index >= 15 is 0 Å². The summed E-state index contributed by atoms with van der Waals surface area (Å²) in [5.41, 5.74) is 0. The van der Waals surface area contributed by atoms with Crippen LogP contribution in [0.2, 0.25) is 0 Å². The van der Waals surface area contributed by atoms with Crippen molar-refractivity contribution in [3.63, 3.8) is 0 Å². The van der Waals surface area contributed by atoms with Crippen LogP contribution in [0, 0.1) is 5.92 Å². The fraction of sp³-hybridized carbons (Fsp3) is 0.938. The standard InChI is InChI=1S/C16H29F3N4.HI/c1-3-20-15(21-13-6-4-12(2)5-7-13)22-14-8-9-23(10-14)11-16(17,18)19;/h12-14H,3-11H2,1-2H3,(H2,20,21,22);1H. The van der Waals surface area contributed by atoms with E-state index in [2.05, 4.69) is 22.5 Å². The molecule has 142 valence electrons. The van der Waals surface area contributed by atoms with E-state index in [9.17, 15) is 13.2 Å². The summed E-state index contributed by atoms with van der Waals surface area (Å²) in [5, 5.41) is 6.79. The van der Waals surface area contributed by atoms with Crippen molar-refractivity contribution < 1.29 is 13.2 Å². The minimum Gasteiger partial charge on any atom is -0.354 e. The molecule has 8 heteroatoms. The molecule has 0 aromatic heterocycles. The Morgan fingerprint density at radius 2 is 1.71 bits per heavy atom. The van der Waals surface area contributed by atoms with Crippen LogP contribution in [0.3, 0.4) is 0 Å². The second-order valence-electron chi connectivity index (χ2n) is 6.90. The third-order valence-corrected chi connectivity index (χ3v) is 4.69. The Labute approximate surface area is 160 Å². The molecule has 1 unspecified atom stereocenters. The monoisotopic (exact) mass is 462 g/mol. The normalized spacial score (nSPS) is 29.2. The van der Waals surface area contributed by atoms with Crippen molar-refractivity contribution >= 4 is 29.9 Å². The summed E-state index contributed by atoms with van der Waals surface area (Å²) in [4.78, 5) is 5.92. The van der Waals surface area contributed by atoms with E-state index in [1.807, 2.05) is 6.92 Å². The Balaban J connectivity index is 0.00000288. The lowest BCUT2D eigenvalue weighted by atomic mass is 9.87. The summed E-state index contributed by atoms with van der Waals surface area (Å²) in [6.45, 7) is 5.00. The molecule has 1 atom stereocenters. The van der Waals surface area contributed by atoms with E-state index in [1.54, 1.807) is 0 Å². The van der Waals surface area contributed by atoms with Crippen molar-refractivity contribution in [1.82, 2.24) is 15.5 Å². The molecule has 0 aromatic carbocycles. The van der Waals surface area contributed by atoms with Gasteiger partial charge in [-0.1, -0.05) is 6.92 Å². The molecule has 1 aliphatic carbocycles. The number of nitrogens with zero attached hydrogens (tertiary/aromatic N) is 2. The van der Waals surface area contributed by atoms with Crippen molar-refractivity contribution in [2.24, 2.45) is 10.9 Å². The molecule has 24 heavy (non-hydrogen) atoms. The SMILES string of the molecule is CCN=C(NC1CCC(C)CC1)NC1CCN(CC(F)(F)F)C1.I. The molecule has 0 spiro atoms. The Kier molecular flexibility index (Phi) is 9.11. The lowest BCUT2D eigenvalue weighted by Crippen LogP contribution is -2.49. The van der Waals surface area contributed by atoms with Crippen LogP contribution in [0.15, 0.2) is 4.99 Å². The van der Waals surface area contributed by atoms with Crippen molar-refractivity contribution in [2.45, 2.75) is 64.2 Å². The Hall–Kier alpha value is -0.250. The topological polar surface area (TPSA) is 39.7 Å². The molecular weight excluding hydrogens is 432 g/mol. The predicted octanol–water partition coefficient (Wildman–Crippen LogP) is 3.37. The van der Waals surface area contributed by atoms with Crippen LogP contribution in [0.4, 0.5) is 13.2 Å². The van der Waals surface area contributed by atoms with Crippen LogP contribution in [-0.2, 0) is 0 Å². The molecule has 0 bridgehead atoms. The van der Waals surface area contributed by atoms with Gasteiger partial charge in [0, 0.05) is 31.7 Å². The first-order valence-corrected chi connectivity index (χ1v) is 8.72. The van der Waals surface area contributed by atoms with E-state index in [0.29, 0.717) is 25.7 Å². The Morgan fingerprint density at radius 1 is 1.08 bits per heavy atom. The number of hydrogen-bond acceptors (Lipinski definition) is 2. The molecule has 1 saturated carbocycles. The second kappa shape index (κ2) is 10.0. The van der Waals surface area contributed by atoms with Gasteiger partial charge in [0.1, 0.15) is 0 Å². The van der Waals surface area contributed by atoms with E-state index < -0.39 is 12.7 Å². The van der Waals surface area contributed by atoms with E-state index in [-0.39, 0.29) is 30.0 Å². The highest BCUT2D eigenvalue weighted by Gasteiger charge is 2.34. The van der Waals surface area contributed by atoms with Crippen molar-refractivity contribution in [2.75, 3.05) is 26.2 Å². The lowest BCUT2D eigenvalue weighted by molar-refractivity contribution is -0.143. The summed E-state index contributed by atoms with van der Waals surface area (Å²) >= 11 is 0. The summed E-state index contributed by atoms with van der Waals surface area (Å²) < 4.78 is 37.4. The zero-order valence-electron chi connectivity index (χ0n) is 14.5. The lowest BCUT2D eigenvalue weighted by Gasteiger charge is -2.29. The molecule has 2 N–H and O–H groups in total. The van der Waals surface area contributed by atoms with Gasteiger partial charge in [-0.15, -0.1) is 24.0 Å². The minimum absolute atomic E-state index is 0. The van der Waals surface area contributed by atoms with Gasteiger partial charge < -0.3 is 10.6 Å². The molecule has 1 heterocycles. The first-order valence-electron chi connectivity index (χ1n) is 8.72. The fourth-order valence-corrected chi connectivity index (χ4v) is 3.43. The molecule has 1 saturated heterocycles. The van der Waals surface area contributed by atoms with Gasteiger partial charge in [-0.2, -0.15) is 13.2 Å². The van der Waals surface area contributed by atoms with Crippen LogP contribution in [0.25, 0.3) is 0 Å². The van der Waals surface area contributed by atoms with Gasteiger partial charge in [-0.05, 0) is 44.9 Å². The van der Waals surface area contributed by atoms with Gasteiger partial charge in [0.15, 0.2) is 5.96 Å². The van der Waals surface area contributed by atoms with E-state index in [4.69, 9.17) is 0 Å². The van der Waals surface area contributed by atoms with Crippen LogP contribution in [0.5, 0.6) is 0 Å². The average molecular weight is 462 g/mol. The quantitative estimate of drug-likeness (QED) is 0.383. The Morgan fingerprint density at radius 3 is 2.29 bits per heavy atom. The third-order valence-electron chi connectivity index (χ3n) is 4.69. The highest BCUT2D eigenvalue weighted by Crippen LogP contribution is 2.23. The highest BCUT2D eigenvalue weighted by molar-refractivity contribution is 14.0. The molecule has 2 rings (SSSR count). The molecule has 2 aliphatic rings. The maximum Gasteiger partial charge on any atom is 0.401 e. The number of aliphatic imine (C=N–C) groups is 1. The zero-order chi connectivity index (χ0) is 16.9. The van der Waals surface area contributed by atoms with Crippen molar-refractivity contribution in [3.05, 3.63) is 0 Å². The van der Waals surface area contributed by atoms with E-state index in [0.717, 1.165) is 31.1 Å². The number of nitrogens with one attached hydrogen (secondary N) is 2. The predicted molar refractivity (Wildman–Crippen MR) is 102 cm³/mol. The van der Waals surface area contributed by atoms with Gasteiger partial charge >= 0.3 is 6.18 Å². The third kappa shape index (κ3) is 7.76. The van der Waals surface area contributed by atoms with Crippen molar-refractivity contribution in [1.29, 1.82) is 0 Å². The number of guanidine groups is 1. The number of rotatable bonds is 4. The van der Waals surface area contributed by atoms with Gasteiger partial charge in [-0.25, -0.2) is 0 Å². The second-order valence-corrected chi connectivity index (χ2v) is 6.90. The maximum absolute atomic E-state index is 12.5. The molecule has 0 radical (unpaired) electrons. The number of alkyl halides is 3. The van der Waals surface area contributed by atoms with Gasteiger partial charge in [0.2, 0.25) is 0 Å². The number of hydrogen-bond donors (Lipinski definition) is 2. The van der Waals surface area contributed by atoms with Crippen LogP contribution >= 0.6 is 24.0 Å². The summed E-state index contributed by atoms with van der Waals surface area (Å²) in [6, 6.07) is 0.467. The average Bonchev–Trinajstić information content (AvgIpc) is 2.86. The smallest absolute Gasteiger partial charge is 0.354 e. The fourth-order valence-electron chi connectivity index (χ4n) is 3.43. The van der Waals surface area contributed by atoms with Crippen LogP contribution < -0.4 is 10.6 Å². The summed E-state index contributed by atoms with van der Waals surface area (Å²) in [7, 11) is 0. The summed E-state index contributed by atoms with van der Waals surface area (Å²) in [6.07, 6.45) is 1.32. The zero-order valence-corrected chi connectivity index (χ0v) is 16.9. The largest absolute Gasteiger partial charge is 0.401 e. The van der Waals surface area contributed by atoms with Crippen molar-refractivity contribution in [3.8, 4) is 0 Å².